The van der Waals surface area contributed by atoms with Crippen molar-refractivity contribution in [3.05, 3.63) is 70.9 Å². The minimum Gasteiger partial charge on any atom is -0.465 e. The summed E-state index contributed by atoms with van der Waals surface area (Å²) in [7, 11) is -2.64. The van der Waals surface area contributed by atoms with Crippen molar-refractivity contribution in [2.45, 2.75) is 15.6 Å². The third-order valence-corrected chi connectivity index (χ3v) is 7.64. The first kappa shape index (κ1) is 20.7. The minimum absolute atomic E-state index is 0.0354. The molecule has 3 aromatic rings. The quantitative estimate of drug-likeness (QED) is 0.585. The van der Waals surface area contributed by atoms with Gasteiger partial charge in [0.25, 0.3) is 0 Å². The normalized spacial score (nSPS) is 11.2. The maximum absolute atomic E-state index is 14.8. The van der Waals surface area contributed by atoms with Crippen LogP contribution in [0.1, 0.15) is 15.2 Å². The molecule has 3 rings (SSSR count). The second-order valence-corrected chi connectivity index (χ2v) is 9.48. The van der Waals surface area contributed by atoms with E-state index in [-0.39, 0.29) is 32.3 Å². The van der Waals surface area contributed by atoms with Crippen LogP contribution in [0, 0.1) is 5.82 Å². The number of nitrogens with zero attached hydrogens (tertiary/aromatic N) is 1. The van der Waals surface area contributed by atoms with E-state index in [1.54, 1.807) is 18.2 Å². The lowest BCUT2D eigenvalue weighted by Gasteiger charge is -2.10. The van der Waals surface area contributed by atoms with Gasteiger partial charge in [0.15, 0.2) is 6.29 Å². The van der Waals surface area contributed by atoms with E-state index in [2.05, 4.69) is 0 Å². The summed E-state index contributed by atoms with van der Waals surface area (Å²) in [4.78, 5) is 23.7. The zero-order valence-corrected chi connectivity index (χ0v) is 16.8. The highest BCUT2D eigenvalue weighted by Crippen LogP contribution is 2.40. The van der Waals surface area contributed by atoms with E-state index in [0.29, 0.717) is 11.2 Å². The zero-order chi connectivity index (χ0) is 21.2. The van der Waals surface area contributed by atoms with E-state index >= 15 is 0 Å². The molecule has 9 heteroatoms. The van der Waals surface area contributed by atoms with Gasteiger partial charge < -0.3 is 10.0 Å². The van der Waals surface area contributed by atoms with Gasteiger partial charge in [0.2, 0.25) is 9.84 Å². The Morgan fingerprint density at radius 1 is 1.14 bits per heavy atom. The van der Waals surface area contributed by atoms with Crippen LogP contribution < -0.4 is 0 Å². The highest BCUT2D eigenvalue weighted by molar-refractivity contribution is 7.93. The number of halogens is 1. The summed E-state index contributed by atoms with van der Waals surface area (Å²) in [5.74, 6) is -0.831. The molecular weight excluding hydrogens is 417 g/mol. The summed E-state index contributed by atoms with van der Waals surface area (Å²) in [6.45, 7) is -0.0632. The fourth-order valence-electron chi connectivity index (χ4n) is 2.75. The number of benzene rings is 2. The van der Waals surface area contributed by atoms with Crippen LogP contribution in [-0.2, 0) is 16.4 Å². The molecule has 6 nitrogen and oxygen atoms in total. The molecule has 0 saturated heterocycles. The molecule has 0 unspecified atom stereocenters. The molecule has 150 valence electrons. The fraction of sp³-hybridized carbons (Fsp3) is 0.100. The number of carboxylic acid groups (broad SMARTS) is 1. The van der Waals surface area contributed by atoms with E-state index in [4.69, 9.17) is 5.11 Å². The van der Waals surface area contributed by atoms with E-state index in [9.17, 15) is 22.4 Å². The van der Waals surface area contributed by atoms with Gasteiger partial charge in [0.05, 0.1) is 17.0 Å². The summed E-state index contributed by atoms with van der Waals surface area (Å²) in [6.07, 6.45) is -0.822. The summed E-state index contributed by atoms with van der Waals surface area (Å²) in [6, 6.07) is 13.3. The Labute approximate surface area is 170 Å². The average Bonchev–Trinajstić information content (AvgIpc) is 3.13. The molecule has 0 atom stereocenters. The second-order valence-electron chi connectivity index (χ2n) is 6.20. The first-order chi connectivity index (χ1) is 13.8. The van der Waals surface area contributed by atoms with E-state index in [0.717, 1.165) is 16.2 Å². The van der Waals surface area contributed by atoms with E-state index in [1.165, 1.54) is 43.4 Å². The molecule has 0 aliphatic carbocycles. The molecule has 0 aliphatic heterocycles. The SMILES string of the molecule is CN(Cc1cc(-c2cccc(C=O)c2F)c(S(=O)(=O)c2ccccc2)s1)C(=O)O. The van der Waals surface area contributed by atoms with Crippen LogP contribution in [0.25, 0.3) is 11.1 Å². The zero-order valence-electron chi connectivity index (χ0n) is 15.2. The van der Waals surface area contributed by atoms with Crippen molar-refractivity contribution in [3.63, 3.8) is 0 Å². The van der Waals surface area contributed by atoms with Crippen LogP contribution in [0.5, 0.6) is 0 Å². The van der Waals surface area contributed by atoms with E-state index < -0.39 is 21.7 Å². The Morgan fingerprint density at radius 2 is 1.83 bits per heavy atom. The summed E-state index contributed by atoms with van der Waals surface area (Å²) >= 11 is 0.876. The van der Waals surface area contributed by atoms with Crippen molar-refractivity contribution in [3.8, 4) is 11.1 Å². The number of sulfone groups is 1. The Hall–Kier alpha value is -3.04. The lowest BCUT2D eigenvalue weighted by molar-refractivity contribution is 0.111. The van der Waals surface area contributed by atoms with Crippen molar-refractivity contribution in [2.75, 3.05) is 7.05 Å². The molecule has 0 radical (unpaired) electrons. The summed E-state index contributed by atoms with van der Waals surface area (Å²) in [5, 5.41) is 9.10. The van der Waals surface area contributed by atoms with Crippen LogP contribution in [0.4, 0.5) is 9.18 Å². The summed E-state index contributed by atoms with van der Waals surface area (Å²) < 4.78 is 41.1. The monoisotopic (exact) mass is 433 g/mol. The Kier molecular flexibility index (Phi) is 5.81. The van der Waals surface area contributed by atoms with Crippen molar-refractivity contribution >= 4 is 33.6 Å². The average molecular weight is 433 g/mol. The fourth-order valence-corrected chi connectivity index (χ4v) is 5.93. The Balaban J connectivity index is 2.23. The number of rotatable bonds is 6. The van der Waals surface area contributed by atoms with Gasteiger partial charge in [0.1, 0.15) is 10.0 Å². The second kappa shape index (κ2) is 8.14. The minimum atomic E-state index is -3.99. The van der Waals surface area contributed by atoms with Crippen molar-refractivity contribution in [1.82, 2.24) is 4.90 Å². The van der Waals surface area contributed by atoms with Gasteiger partial charge in [-0.15, -0.1) is 11.3 Å². The molecule has 1 amide bonds. The molecule has 0 fully saturated rings. The van der Waals surface area contributed by atoms with Crippen molar-refractivity contribution < 1.29 is 27.5 Å². The van der Waals surface area contributed by atoms with E-state index in [1.807, 2.05) is 0 Å². The van der Waals surface area contributed by atoms with Gasteiger partial charge in [-0.1, -0.05) is 30.3 Å². The topological polar surface area (TPSA) is 91.8 Å². The maximum Gasteiger partial charge on any atom is 0.407 e. The van der Waals surface area contributed by atoms with Gasteiger partial charge in [-0.3, -0.25) is 4.79 Å². The predicted octanol–water partition coefficient (Wildman–Crippen LogP) is 4.31. The van der Waals surface area contributed by atoms with Crippen molar-refractivity contribution in [1.29, 1.82) is 0 Å². The number of aldehydes is 1. The number of hydrogen-bond acceptors (Lipinski definition) is 5. The molecule has 1 aromatic heterocycles. The van der Waals surface area contributed by atoms with Gasteiger partial charge >= 0.3 is 6.09 Å². The number of carbonyl (C=O) groups is 2. The molecule has 1 N–H and O–H groups in total. The standard InChI is InChI=1S/C20H16FNO5S2/c1-22(20(24)25)11-14-10-17(16-9-5-6-13(12-23)18(16)21)19(28-14)29(26,27)15-7-3-2-4-8-15/h2-10,12H,11H2,1H3,(H,24,25). The molecule has 0 aliphatic rings. The molecular formula is C20H16FNO5S2. The third kappa shape index (κ3) is 4.06. The van der Waals surface area contributed by atoms with Gasteiger partial charge in [-0.2, -0.15) is 0 Å². The lowest BCUT2D eigenvalue weighted by Crippen LogP contribution is -2.23. The van der Waals surface area contributed by atoms with Gasteiger partial charge in [-0.05, 0) is 24.3 Å². The summed E-state index contributed by atoms with van der Waals surface area (Å²) in [5.41, 5.74) is -0.139. The lowest BCUT2D eigenvalue weighted by atomic mass is 10.0. The number of thiophene rings is 1. The van der Waals surface area contributed by atoms with Crippen molar-refractivity contribution in [2.24, 2.45) is 0 Å². The largest absolute Gasteiger partial charge is 0.465 e. The third-order valence-electron chi connectivity index (χ3n) is 4.21. The van der Waals surface area contributed by atoms with Crippen LogP contribution in [0.2, 0.25) is 0 Å². The number of carbonyl (C=O) groups excluding carboxylic acids is 1. The molecule has 1 heterocycles. The smallest absolute Gasteiger partial charge is 0.407 e. The predicted molar refractivity (Wildman–Crippen MR) is 106 cm³/mol. The number of hydrogen-bond donors (Lipinski definition) is 1. The highest BCUT2D eigenvalue weighted by Gasteiger charge is 2.27. The van der Waals surface area contributed by atoms with Gasteiger partial charge in [-0.25, -0.2) is 17.6 Å². The highest BCUT2D eigenvalue weighted by atomic mass is 32.2. The Bertz CT molecular complexity index is 1170. The maximum atomic E-state index is 14.8. The van der Waals surface area contributed by atoms with Crippen LogP contribution in [0.3, 0.4) is 0 Å². The first-order valence-electron chi connectivity index (χ1n) is 8.36. The van der Waals surface area contributed by atoms with Crippen LogP contribution in [-0.4, -0.2) is 37.9 Å². The molecule has 2 aromatic carbocycles. The molecule has 0 spiro atoms. The molecule has 0 bridgehead atoms. The Morgan fingerprint density at radius 3 is 2.45 bits per heavy atom. The molecule has 0 saturated carbocycles. The molecule has 29 heavy (non-hydrogen) atoms. The van der Waals surface area contributed by atoms with Gasteiger partial charge in [0, 0.05) is 23.1 Å². The first-order valence-corrected chi connectivity index (χ1v) is 10.7. The van der Waals surface area contributed by atoms with Crippen LogP contribution >= 0.6 is 11.3 Å². The van der Waals surface area contributed by atoms with Crippen LogP contribution in [0.15, 0.2) is 63.7 Å². The number of amides is 1.